The molecule has 3 atom stereocenters. The second-order valence-corrected chi connectivity index (χ2v) is 17.8. The number of anilines is 2. The van der Waals surface area contributed by atoms with Crippen LogP contribution in [0.1, 0.15) is 103 Å². The third kappa shape index (κ3) is 4.75. The van der Waals surface area contributed by atoms with Crippen LogP contribution in [0.3, 0.4) is 0 Å². The van der Waals surface area contributed by atoms with Gasteiger partial charge in [0, 0.05) is 43.6 Å². The van der Waals surface area contributed by atoms with E-state index >= 15 is 0 Å². The summed E-state index contributed by atoms with van der Waals surface area (Å²) in [5.41, 5.74) is 19.2. The Hall–Kier alpha value is -3.70. The van der Waals surface area contributed by atoms with E-state index in [9.17, 15) is 0 Å². The minimum absolute atomic E-state index is 0.0481. The van der Waals surface area contributed by atoms with E-state index in [1.165, 1.54) is 77.1 Å². The Morgan fingerprint density at radius 1 is 0.667 bits per heavy atom. The van der Waals surface area contributed by atoms with Crippen LogP contribution in [0.2, 0.25) is 0 Å². The van der Waals surface area contributed by atoms with Crippen molar-refractivity contribution in [1.82, 2.24) is 0 Å². The third-order valence-electron chi connectivity index (χ3n) is 12.7. The Labute approximate surface area is 318 Å². The lowest BCUT2D eigenvalue weighted by molar-refractivity contribution is 0.380. The van der Waals surface area contributed by atoms with Crippen molar-refractivity contribution in [3.8, 4) is 11.1 Å². The lowest BCUT2D eigenvalue weighted by Gasteiger charge is -2.42. The van der Waals surface area contributed by atoms with E-state index in [0.29, 0.717) is 5.92 Å². The molecule has 1 fully saturated rings. The lowest BCUT2D eigenvalue weighted by atomic mass is 9.62. The molecule has 0 spiro atoms. The first-order chi connectivity index (χ1) is 24.6. The van der Waals surface area contributed by atoms with Gasteiger partial charge in [-0.2, -0.15) is 0 Å². The predicted molar refractivity (Wildman–Crippen MR) is 216 cm³/mol. The van der Waals surface area contributed by atoms with E-state index in [0.717, 1.165) is 30.3 Å². The van der Waals surface area contributed by atoms with Crippen LogP contribution in [0.15, 0.2) is 129 Å². The van der Waals surface area contributed by atoms with Crippen molar-refractivity contribution in [2.45, 2.75) is 82.5 Å². The molecule has 10 rings (SSSR count). The Balaban J connectivity index is 1.07. The Bertz CT molecular complexity index is 2310. The summed E-state index contributed by atoms with van der Waals surface area (Å²) in [5, 5.41) is 0. The zero-order valence-electron chi connectivity index (χ0n) is 29.6. The van der Waals surface area contributed by atoms with E-state index < -0.39 is 0 Å². The summed E-state index contributed by atoms with van der Waals surface area (Å²) in [6.07, 6.45) is 8.28. The van der Waals surface area contributed by atoms with Gasteiger partial charge in [0.1, 0.15) is 12.2 Å². The van der Waals surface area contributed by atoms with Crippen LogP contribution in [-0.4, -0.2) is 0 Å². The van der Waals surface area contributed by atoms with Gasteiger partial charge in [0.2, 0.25) is 0 Å². The SMILES string of the molecule is CC1(C)C2=C(C=CCC2)C(Cc2cc3c(cc2Br)C2OC2c2cc(Br)c(CN4c5ccccc5C(C)(C)c5ccccc54)cc2-3)c2ccccc21. The highest BCUT2D eigenvalue weighted by molar-refractivity contribution is 9.10. The third-order valence-corrected chi connectivity index (χ3v) is 14.1. The molecule has 5 aromatic carbocycles. The van der Waals surface area contributed by atoms with Crippen LogP contribution in [0.5, 0.6) is 0 Å². The minimum atomic E-state index is -0.0728. The fourth-order valence-electron chi connectivity index (χ4n) is 9.98. The number of halogens is 2. The highest BCUT2D eigenvalue weighted by Crippen LogP contribution is 2.61. The van der Waals surface area contributed by atoms with Gasteiger partial charge in [-0.1, -0.05) is 138 Å². The van der Waals surface area contributed by atoms with Crippen molar-refractivity contribution in [2.24, 2.45) is 0 Å². The zero-order chi connectivity index (χ0) is 34.8. The molecule has 1 saturated heterocycles. The summed E-state index contributed by atoms with van der Waals surface area (Å²) in [6.45, 7) is 10.3. The van der Waals surface area contributed by atoms with Gasteiger partial charge >= 0.3 is 0 Å². The summed E-state index contributed by atoms with van der Waals surface area (Å²) >= 11 is 8.10. The maximum Gasteiger partial charge on any atom is 0.114 e. The number of benzene rings is 5. The van der Waals surface area contributed by atoms with Gasteiger partial charge in [-0.05, 0) is 117 Å². The average Bonchev–Trinajstić information content (AvgIpc) is 3.95. The number of nitrogens with zero attached hydrogens (tertiary/aromatic N) is 1. The summed E-state index contributed by atoms with van der Waals surface area (Å²) in [5.74, 6) is 0.326. The molecule has 0 bridgehead atoms. The largest absolute Gasteiger partial charge is 0.359 e. The maximum atomic E-state index is 6.41. The van der Waals surface area contributed by atoms with Gasteiger partial charge in [-0.15, -0.1) is 0 Å². The van der Waals surface area contributed by atoms with Gasteiger partial charge < -0.3 is 9.64 Å². The summed E-state index contributed by atoms with van der Waals surface area (Å²) < 4.78 is 8.73. The normalized spacial score (nSPS) is 22.5. The van der Waals surface area contributed by atoms with Gasteiger partial charge in [-0.3, -0.25) is 0 Å². The fraction of sp³-hybridized carbons (Fsp3) is 0.277. The lowest BCUT2D eigenvalue weighted by Crippen LogP contribution is -2.32. The Morgan fingerprint density at radius 3 is 1.90 bits per heavy atom. The topological polar surface area (TPSA) is 15.8 Å². The van der Waals surface area contributed by atoms with E-state index in [-0.39, 0.29) is 23.0 Å². The number of fused-ring (bicyclic) bond motifs is 9. The number of hydrogen-bond donors (Lipinski definition) is 0. The van der Waals surface area contributed by atoms with Crippen molar-refractivity contribution in [1.29, 1.82) is 0 Å². The van der Waals surface area contributed by atoms with Crippen LogP contribution >= 0.6 is 31.9 Å². The Kier molecular flexibility index (Phi) is 7.15. The Morgan fingerprint density at radius 2 is 1.24 bits per heavy atom. The number of para-hydroxylation sites is 2. The van der Waals surface area contributed by atoms with Crippen LogP contribution in [0, 0.1) is 0 Å². The molecule has 5 aliphatic rings. The molecular weight excluding hydrogens is 754 g/mol. The summed E-state index contributed by atoms with van der Waals surface area (Å²) in [7, 11) is 0. The van der Waals surface area contributed by atoms with E-state index in [2.05, 4.69) is 174 Å². The average molecular weight is 796 g/mol. The predicted octanol–water partition coefficient (Wildman–Crippen LogP) is 13.2. The van der Waals surface area contributed by atoms with Gasteiger partial charge in [0.15, 0.2) is 0 Å². The number of hydrogen-bond acceptors (Lipinski definition) is 2. The van der Waals surface area contributed by atoms with E-state index in [1.54, 1.807) is 5.57 Å². The molecule has 5 aromatic rings. The molecule has 0 amide bonds. The number of allylic oxidation sites excluding steroid dienone is 4. The van der Waals surface area contributed by atoms with Crippen molar-refractivity contribution < 1.29 is 4.74 Å². The molecule has 2 heterocycles. The van der Waals surface area contributed by atoms with Crippen molar-refractivity contribution in [3.63, 3.8) is 0 Å². The maximum absolute atomic E-state index is 6.41. The molecule has 51 heavy (non-hydrogen) atoms. The number of epoxide rings is 1. The second-order valence-electron chi connectivity index (χ2n) is 16.1. The van der Waals surface area contributed by atoms with Gasteiger partial charge in [0.05, 0.1) is 0 Å². The first-order valence-corrected chi connectivity index (χ1v) is 20.0. The monoisotopic (exact) mass is 793 g/mol. The van der Waals surface area contributed by atoms with E-state index in [4.69, 9.17) is 4.74 Å². The number of rotatable bonds is 4. The molecule has 254 valence electrons. The molecule has 0 aromatic heterocycles. The second kappa shape index (κ2) is 11.4. The van der Waals surface area contributed by atoms with Gasteiger partial charge in [0.25, 0.3) is 0 Å². The van der Waals surface area contributed by atoms with Crippen molar-refractivity contribution >= 4 is 43.2 Å². The van der Waals surface area contributed by atoms with Crippen LogP contribution < -0.4 is 4.90 Å². The highest BCUT2D eigenvalue weighted by Gasteiger charge is 2.48. The molecule has 0 N–H and O–H groups in total. The molecule has 0 saturated carbocycles. The molecular formula is C47H41Br2NO. The molecule has 4 heteroatoms. The first kappa shape index (κ1) is 32.0. The fourth-order valence-corrected chi connectivity index (χ4v) is 11.0. The highest BCUT2D eigenvalue weighted by atomic mass is 79.9. The van der Waals surface area contributed by atoms with Crippen LogP contribution in [-0.2, 0) is 28.5 Å². The smallest absolute Gasteiger partial charge is 0.114 e. The molecule has 0 radical (unpaired) electrons. The first-order valence-electron chi connectivity index (χ1n) is 18.4. The molecule has 3 unspecified atom stereocenters. The number of ether oxygens (including phenoxy) is 1. The van der Waals surface area contributed by atoms with Crippen molar-refractivity contribution in [2.75, 3.05) is 4.90 Å². The van der Waals surface area contributed by atoms with Gasteiger partial charge in [-0.25, -0.2) is 0 Å². The molecule has 3 aliphatic carbocycles. The minimum Gasteiger partial charge on any atom is -0.359 e. The summed E-state index contributed by atoms with van der Waals surface area (Å²) in [6, 6.07) is 36.7. The zero-order valence-corrected chi connectivity index (χ0v) is 32.7. The van der Waals surface area contributed by atoms with E-state index in [1.807, 2.05) is 0 Å². The summed E-state index contributed by atoms with van der Waals surface area (Å²) in [4.78, 5) is 2.51. The molecule has 2 nitrogen and oxygen atoms in total. The van der Waals surface area contributed by atoms with Crippen LogP contribution in [0.25, 0.3) is 11.1 Å². The quantitative estimate of drug-likeness (QED) is 0.168. The van der Waals surface area contributed by atoms with Crippen LogP contribution in [0.4, 0.5) is 11.4 Å². The molecule has 2 aliphatic heterocycles. The van der Waals surface area contributed by atoms with Crippen molar-refractivity contribution in [3.05, 3.63) is 174 Å². The standard InChI is InChI=1S/C47H41Br2NO/c1-46(2)36-15-7-5-13-29(36)31(30-14-6-8-16-37(30)46)21-27-22-32-33-23-28(41(49)25-35(33)45-44(51-45)34(32)24-40(27)48)26-50-42-19-11-9-17-38(42)47(3,4)39-18-10-12-20-43(39)50/h5-7,9-15,17-20,22-25,31,44-45H,8,16,21,26H2,1-4H3.